The van der Waals surface area contributed by atoms with E-state index >= 15 is 0 Å². The van der Waals surface area contributed by atoms with Crippen molar-refractivity contribution < 1.29 is 19.1 Å². The van der Waals surface area contributed by atoms with E-state index in [1.807, 2.05) is 27.7 Å². The first-order chi connectivity index (χ1) is 10.8. The van der Waals surface area contributed by atoms with Crippen molar-refractivity contribution in [2.45, 2.75) is 27.7 Å². The number of esters is 2. The van der Waals surface area contributed by atoms with Crippen LogP contribution in [0, 0.1) is 0 Å². The average Bonchev–Trinajstić information content (AvgIpc) is 2.60. The summed E-state index contributed by atoms with van der Waals surface area (Å²) in [7, 11) is 0. The Labute approximate surface area is 131 Å². The van der Waals surface area contributed by atoms with E-state index in [2.05, 4.69) is 0 Å². The van der Waals surface area contributed by atoms with Crippen LogP contribution in [0.2, 0.25) is 0 Å². The summed E-state index contributed by atoms with van der Waals surface area (Å²) in [6.45, 7) is 8.00. The number of ether oxygens (including phenoxy) is 2. The van der Waals surface area contributed by atoms with Gasteiger partial charge in [0.05, 0.1) is 0 Å². The van der Waals surface area contributed by atoms with Gasteiger partial charge in [-0.25, -0.2) is 9.59 Å². The van der Waals surface area contributed by atoms with E-state index < -0.39 is 11.9 Å². The zero-order chi connectivity index (χ0) is 16.8. The molecule has 0 aliphatic heterocycles. The van der Waals surface area contributed by atoms with E-state index in [-0.39, 0.29) is 0 Å². The highest BCUT2D eigenvalue weighted by atomic mass is 16.6. The van der Waals surface area contributed by atoms with E-state index in [0.717, 1.165) is 0 Å². The Bertz CT molecular complexity index is 484. The standard InChI is InChI=1S/C14H10O4.2C2H6/c15-13(17-11-7-3-1-4-8-11)14(16)18-12-9-5-2-6-10-12;2*1-2/h1-10H;2*1-2H3. The molecule has 4 heteroatoms. The molecule has 2 aromatic carbocycles. The monoisotopic (exact) mass is 302 g/mol. The first-order valence-corrected chi connectivity index (χ1v) is 7.30. The first kappa shape index (κ1) is 19.4. The van der Waals surface area contributed by atoms with Gasteiger partial charge in [-0.3, -0.25) is 0 Å². The molecule has 2 aromatic rings. The van der Waals surface area contributed by atoms with Gasteiger partial charge in [0.2, 0.25) is 0 Å². The van der Waals surface area contributed by atoms with Crippen LogP contribution in [0.15, 0.2) is 60.7 Å². The van der Waals surface area contributed by atoms with Gasteiger partial charge in [0.1, 0.15) is 11.5 Å². The second kappa shape index (κ2) is 12.1. The van der Waals surface area contributed by atoms with Gasteiger partial charge < -0.3 is 9.47 Å². The summed E-state index contributed by atoms with van der Waals surface area (Å²) in [5, 5.41) is 0. The summed E-state index contributed by atoms with van der Waals surface area (Å²) in [5.74, 6) is -1.50. The second-order valence-corrected chi connectivity index (χ2v) is 3.41. The number of para-hydroxylation sites is 2. The van der Waals surface area contributed by atoms with E-state index in [1.165, 1.54) is 0 Å². The molecule has 0 N–H and O–H groups in total. The van der Waals surface area contributed by atoms with Crippen molar-refractivity contribution in [2.24, 2.45) is 0 Å². The van der Waals surface area contributed by atoms with E-state index in [1.54, 1.807) is 60.7 Å². The largest absolute Gasteiger partial charge is 0.423 e. The fourth-order valence-electron chi connectivity index (χ4n) is 1.27. The van der Waals surface area contributed by atoms with E-state index in [9.17, 15) is 9.59 Å². The van der Waals surface area contributed by atoms with Crippen molar-refractivity contribution >= 4 is 11.9 Å². The third-order valence-corrected chi connectivity index (χ3v) is 2.07. The zero-order valence-electron chi connectivity index (χ0n) is 13.4. The molecule has 0 aliphatic rings. The maximum Gasteiger partial charge on any atom is 0.423 e. The molecule has 0 spiro atoms. The van der Waals surface area contributed by atoms with Gasteiger partial charge >= 0.3 is 11.9 Å². The van der Waals surface area contributed by atoms with Crippen molar-refractivity contribution in [2.75, 3.05) is 0 Å². The minimum absolute atomic E-state index is 0.299. The predicted octanol–water partition coefficient (Wildman–Crippen LogP) is 4.25. The molecular formula is C18H22O4. The molecule has 0 radical (unpaired) electrons. The summed E-state index contributed by atoms with van der Waals surface area (Å²) >= 11 is 0. The Morgan fingerprint density at radius 2 is 0.864 bits per heavy atom. The number of carbonyl (C=O) groups is 2. The average molecular weight is 302 g/mol. The normalized spacial score (nSPS) is 8.36. The van der Waals surface area contributed by atoms with Crippen molar-refractivity contribution in [1.82, 2.24) is 0 Å². The smallest absolute Gasteiger partial charge is 0.418 e. The summed E-state index contributed by atoms with van der Waals surface area (Å²) in [4.78, 5) is 22.8. The number of benzene rings is 2. The minimum Gasteiger partial charge on any atom is -0.418 e. The molecular weight excluding hydrogens is 280 g/mol. The molecule has 0 atom stereocenters. The van der Waals surface area contributed by atoms with Crippen molar-refractivity contribution in [3.8, 4) is 11.5 Å². The van der Waals surface area contributed by atoms with Crippen molar-refractivity contribution in [1.29, 1.82) is 0 Å². The molecule has 0 aliphatic carbocycles. The lowest BCUT2D eigenvalue weighted by atomic mass is 10.3. The highest BCUT2D eigenvalue weighted by molar-refractivity contribution is 6.31. The third-order valence-electron chi connectivity index (χ3n) is 2.07. The lowest BCUT2D eigenvalue weighted by molar-refractivity contribution is -0.156. The minimum atomic E-state index is -1.05. The summed E-state index contributed by atoms with van der Waals surface area (Å²) in [6.07, 6.45) is 0. The molecule has 0 fully saturated rings. The molecule has 0 bridgehead atoms. The quantitative estimate of drug-likeness (QED) is 0.473. The molecule has 0 unspecified atom stereocenters. The predicted molar refractivity (Wildman–Crippen MR) is 86.9 cm³/mol. The molecule has 0 amide bonds. The Morgan fingerprint density at radius 1 is 0.591 bits per heavy atom. The molecule has 22 heavy (non-hydrogen) atoms. The Kier molecular flexibility index (Phi) is 10.7. The highest BCUT2D eigenvalue weighted by Gasteiger charge is 2.18. The zero-order valence-corrected chi connectivity index (χ0v) is 13.4. The lowest BCUT2D eigenvalue weighted by Crippen LogP contribution is -2.25. The van der Waals surface area contributed by atoms with Crippen LogP contribution in [-0.4, -0.2) is 11.9 Å². The third kappa shape index (κ3) is 7.24. The SMILES string of the molecule is CC.CC.O=C(Oc1ccccc1)C(=O)Oc1ccccc1. The van der Waals surface area contributed by atoms with Gasteiger partial charge in [0.25, 0.3) is 0 Å². The van der Waals surface area contributed by atoms with Crippen LogP contribution < -0.4 is 9.47 Å². The number of rotatable bonds is 2. The molecule has 0 saturated heterocycles. The maximum atomic E-state index is 11.4. The van der Waals surface area contributed by atoms with E-state index in [0.29, 0.717) is 11.5 Å². The Morgan fingerprint density at radius 3 is 1.14 bits per heavy atom. The summed E-state index contributed by atoms with van der Waals surface area (Å²) in [6, 6.07) is 16.7. The summed E-state index contributed by atoms with van der Waals surface area (Å²) in [5.41, 5.74) is 0. The van der Waals surface area contributed by atoms with Gasteiger partial charge in [0, 0.05) is 0 Å². The van der Waals surface area contributed by atoms with Crippen LogP contribution >= 0.6 is 0 Å². The first-order valence-electron chi connectivity index (χ1n) is 7.30. The Balaban J connectivity index is 0.00000102. The fourth-order valence-corrected chi connectivity index (χ4v) is 1.27. The van der Waals surface area contributed by atoms with Crippen molar-refractivity contribution in [3.05, 3.63) is 60.7 Å². The molecule has 118 valence electrons. The van der Waals surface area contributed by atoms with Gasteiger partial charge in [-0.05, 0) is 24.3 Å². The molecule has 2 rings (SSSR count). The van der Waals surface area contributed by atoms with Gasteiger partial charge in [-0.1, -0.05) is 64.1 Å². The fraction of sp³-hybridized carbons (Fsp3) is 0.222. The van der Waals surface area contributed by atoms with Gasteiger partial charge in [0.15, 0.2) is 0 Å². The molecule has 0 aromatic heterocycles. The van der Waals surface area contributed by atoms with Gasteiger partial charge in [-0.2, -0.15) is 0 Å². The number of hydrogen-bond acceptors (Lipinski definition) is 4. The highest BCUT2D eigenvalue weighted by Crippen LogP contribution is 2.11. The maximum absolute atomic E-state index is 11.4. The number of carbonyl (C=O) groups excluding carboxylic acids is 2. The van der Waals surface area contributed by atoms with Crippen LogP contribution in [0.1, 0.15) is 27.7 Å². The van der Waals surface area contributed by atoms with Crippen LogP contribution in [-0.2, 0) is 9.59 Å². The molecule has 0 saturated carbocycles. The van der Waals surface area contributed by atoms with Crippen LogP contribution in [0.25, 0.3) is 0 Å². The topological polar surface area (TPSA) is 52.6 Å². The van der Waals surface area contributed by atoms with Gasteiger partial charge in [-0.15, -0.1) is 0 Å². The van der Waals surface area contributed by atoms with E-state index in [4.69, 9.17) is 9.47 Å². The lowest BCUT2D eigenvalue weighted by Gasteiger charge is -2.04. The molecule has 4 nitrogen and oxygen atoms in total. The van der Waals surface area contributed by atoms with Crippen molar-refractivity contribution in [3.63, 3.8) is 0 Å². The van der Waals surface area contributed by atoms with Crippen LogP contribution in [0.5, 0.6) is 11.5 Å². The molecule has 0 heterocycles. The number of hydrogen-bond donors (Lipinski definition) is 0. The summed E-state index contributed by atoms with van der Waals surface area (Å²) < 4.78 is 9.67. The van der Waals surface area contributed by atoms with Crippen LogP contribution in [0.3, 0.4) is 0 Å². The Hall–Kier alpha value is -2.62. The second-order valence-electron chi connectivity index (χ2n) is 3.41. The van der Waals surface area contributed by atoms with Crippen LogP contribution in [0.4, 0.5) is 0 Å².